The molecule has 26 heavy (non-hydrogen) atoms. The summed E-state index contributed by atoms with van der Waals surface area (Å²) in [6, 6.07) is 22.0. The van der Waals surface area contributed by atoms with Crippen LogP contribution in [0.3, 0.4) is 0 Å². The van der Waals surface area contributed by atoms with Crippen LogP contribution in [0, 0.1) is 6.92 Å². The smallest absolute Gasteiger partial charge is 0.417 e. The topological polar surface area (TPSA) is 64.4 Å². The van der Waals surface area contributed by atoms with E-state index in [-0.39, 0.29) is 0 Å². The number of hydrogen-bond donors (Lipinski definition) is 1. The van der Waals surface area contributed by atoms with Gasteiger partial charge in [0.05, 0.1) is 11.3 Å². The van der Waals surface area contributed by atoms with Gasteiger partial charge in [0.1, 0.15) is 11.3 Å². The molecule has 3 aromatic carbocycles. The van der Waals surface area contributed by atoms with Gasteiger partial charge in [0.15, 0.2) is 5.58 Å². The number of oxazole rings is 1. The first-order valence-electron chi connectivity index (χ1n) is 8.19. The third-order valence-corrected chi connectivity index (χ3v) is 3.89. The van der Waals surface area contributed by atoms with Gasteiger partial charge in [-0.25, -0.2) is 9.78 Å². The van der Waals surface area contributed by atoms with E-state index < -0.39 is 6.09 Å². The van der Waals surface area contributed by atoms with Crippen LogP contribution in [0.4, 0.5) is 10.5 Å². The standard InChI is InChI=1S/C21H16N2O3/c1-14-11-12-19-18(13-14)22-20(26-19)16-9-5-6-10-17(16)23-21(24)25-15-7-3-2-4-8-15/h2-13H,1H3,(H,23,24). The van der Waals surface area contributed by atoms with Gasteiger partial charge >= 0.3 is 6.09 Å². The molecule has 4 rings (SSSR count). The Morgan fingerprint density at radius 1 is 1.00 bits per heavy atom. The van der Waals surface area contributed by atoms with E-state index in [9.17, 15) is 4.79 Å². The van der Waals surface area contributed by atoms with E-state index >= 15 is 0 Å². The molecule has 5 heteroatoms. The molecule has 0 bridgehead atoms. The van der Waals surface area contributed by atoms with Crippen molar-refractivity contribution in [3.8, 4) is 17.2 Å². The van der Waals surface area contributed by atoms with Crippen LogP contribution in [0.1, 0.15) is 5.56 Å². The number of hydrogen-bond acceptors (Lipinski definition) is 4. The van der Waals surface area contributed by atoms with E-state index in [1.165, 1.54) is 0 Å². The van der Waals surface area contributed by atoms with E-state index in [4.69, 9.17) is 9.15 Å². The zero-order valence-electron chi connectivity index (χ0n) is 14.1. The van der Waals surface area contributed by atoms with Crippen molar-refractivity contribution in [1.82, 2.24) is 4.98 Å². The zero-order valence-corrected chi connectivity index (χ0v) is 14.1. The monoisotopic (exact) mass is 344 g/mol. The Kier molecular flexibility index (Phi) is 4.11. The molecule has 1 amide bonds. The van der Waals surface area contributed by atoms with Crippen molar-refractivity contribution in [2.45, 2.75) is 6.92 Å². The predicted molar refractivity (Wildman–Crippen MR) is 100 cm³/mol. The predicted octanol–water partition coefficient (Wildman–Crippen LogP) is 5.41. The molecule has 0 aliphatic carbocycles. The average Bonchev–Trinajstić information content (AvgIpc) is 3.06. The first kappa shape index (κ1) is 15.9. The minimum atomic E-state index is -0.574. The number of nitrogens with one attached hydrogen (secondary N) is 1. The summed E-state index contributed by atoms with van der Waals surface area (Å²) in [5.41, 5.74) is 3.84. The fourth-order valence-electron chi connectivity index (χ4n) is 2.66. The highest BCUT2D eigenvalue weighted by Gasteiger charge is 2.14. The summed E-state index contributed by atoms with van der Waals surface area (Å²) < 4.78 is 11.1. The van der Waals surface area contributed by atoms with Crippen molar-refractivity contribution in [2.75, 3.05) is 5.32 Å². The van der Waals surface area contributed by atoms with Crippen LogP contribution in [-0.4, -0.2) is 11.1 Å². The average molecular weight is 344 g/mol. The molecule has 0 fully saturated rings. The van der Waals surface area contributed by atoms with Gasteiger partial charge < -0.3 is 9.15 Å². The highest BCUT2D eigenvalue weighted by molar-refractivity contribution is 5.92. The molecule has 0 aliphatic rings. The maximum atomic E-state index is 12.2. The highest BCUT2D eigenvalue weighted by Crippen LogP contribution is 2.30. The van der Waals surface area contributed by atoms with Crippen molar-refractivity contribution >= 4 is 22.9 Å². The van der Waals surface area contributed by atoms with Crippen molar-refractivity contribution < 1.29 is 13.9 Å². The van der Waals surface area contributed by atoms with Crippen molar-refractivity contribution in [3.05, 3.63) is 78.4 Å². The highest BCUT2D eigenvalue weighted by atomic mass is 16.6. The lowest BCUT2D eigenvalue weighted by Crippen LogP contribution is -2.17. The molecule has 4 aromatic rings. The minimum Gasteiger partial charge on any atom is -0.436 e. The number of amides is 1. The lowest BCUT2D eigenvalue weighted by molar-refractivity contribution is 0.215. The normalized spacial score (nSPS) is 10.7. The van der Waals surface area contributed by atoms with Gasteiger partial charge in [0.2, 0.25) is 5.89 Å². The number of aryl methyl sites for hydroxylation is 1. The number of ether oxygens (including phenoxy) is 1. The molecule has 0 radical (unpaired) electrons. The van der Waals surface area contributed by atoms with Crippen LogP contribution in [0.2, 0.25) is 0 Å². The van der Waals surface area contributed by atoms with E-state index in [0.717, 1.165) is 11.1 Å². The number of benzene rings is 3. The van der Waals surface area contributed by atoms with Crippen LogP contribution in [0.5, 0.6) is 5.75 Å². The van der Waals surface area contributed by atoms with Crippen LogP contribution >= 0.6 is 0 Å². The lowest BCUT2D eigenvalue weighted by atomic mass is 10.2. The molecule has 0 saturated heterocycles. The number of carbonyl (C=O) groups excluding carboxylic acids is 1. The first-order chi connectivity index (χ1) is 12.7. The fourth-order valence-corrected chi connectivity index (χ4v) is 2.66. The summed E-state index contributed by atoms with van der Waals surface area (Å²) in [4.78, 5) is 16.7. The molecule has 128 valence electrons. The summed E-state index contributed by atoms with van der Waals surface area (Å²) in [6.45, 7) is 2.00. The van der Waals surface area contributed by atoms with Crippen molar-refractivity contribution in [2.24, 2.45) is 0 Å². The number of nitrogens with zero attached hydrogens (tertiary/aromatic N) is 1. The Hall–Kier alpha value is -3.60. The minimum absolute atomic E-state index is 0.446. The molecule has 0 spiro atoms. The number of aromatic nitrogens is 1. The molecule has 0 atom stereocenters. The van der Waals surface area contributed by atoms with Gasteiger partial charge in [-0.05, 0) is 48.9 Å². The van der Waals surface area contributed by atoms with E-state index in [2.05, 4.69) is 10.3 Å². The van der Waals surface area contributed by atoms with Gasteiger partial charge in [-0.2, -0.15) is 0 Å². The number of para-hydroxylation sites is 2. The van der Waals surface area contributed by atoms with E-state index in [0.29, 0.717) is 28.5 Å². The second kappa shape index (κ2) is 6.72. The number of rotatable bonds is 3. The largest absolute Gasteiger partial charge is 0.436 e. The van der Waals surface area contributed by atoms with Crippen LogP contribution in [0.25, 0.3) is 22.6 Å². The van der Waals surface area contributed by atoms with Crippen molar-refractivity contribution in [1.29, 1.82) is 0 Å². The number of fused-ring (bicyclic) bond motifs is 1. The van der Waals surface area contributed by atoms with Crippen LogP contribution in [-0.2, 0) is 0 Å². The van der Waals surface area contributed by atoms with Gasteiger partial charge in [-0.1, -0.05) is 36.4 Å². The molecule has 0 saturated carbocycles. The van der Waals surface area contributed by atoms with Gasteiger partial charge in [-0.15, -0.1) is 0 Å². The first-order valence-corrected chi connectivity index (χ1v) is 8.19. The summed E-state index contributed by atoms with van der Waals surface area (Å²) in [5, 5.41) is 2.75. The van der Waals surface area contributed by atoms with Crippen LogP contribution < -0.4 is 10.1 Å². The lowest BCUT2D eigenvalue weighted by Gasteiger charge is -2.09. The Morgan fingerprint density at radius 2 is 1.77 bits per heavy atom. The molecular weight excluding hydrogens is 328 g/mol. The van der Waals surface area contributed by atoms with Gasteiger partial charge in [-0.3, -0.25) is 5.32 Å². The number of anilines is 1. The summed E-state index contributed by atoms with van der Waals surface area (Å²) >= 11 is 0. The Morgan fingerprint density at radius 3 is 2.62 bits per heavy atom. The summed E-state index contributed by atoms with van der Waals surface area (Å²) in [6.07, 6.45) is -0.574. The molecule has 0 unspecified atom stereocenters. The molecule has 1 aromatic heterocycles. The number of carbonyl (C=O) groups is 1. The molecule has 1 heterocycles. The Bertz CT molecular complexity index is 1070. The fraction of sp³-hybridized carbons (Fsp3) is 0.0476. The summed E-state index contributed by atoms with van der Waals surface area (Å²) in [7, 11) is 0. The van der Waals surface area contributed by atoms with Crippen molar-refractivity contribution in [3.63, 3.8) is 0 Å². The maximum Gasteiger partial charge on any atom is 0.417 e. The molecule has 5 nitrogen and oxygen atoms in total. The Balaban J connectivity index is 1.62. The molecular formula is C21H16N2O3. The van der Waals surface area contributed by atoms with E-state index in [1.54, 1.807) is 30.3 Å². The summed E-state index contributed by atoms with van der Waals surface area (Å²) in [5.74, 6) is 0.918. The molecule has 1 N–H and O–H groups in total. The second-order valence-corrected chi connectivity index (χ2v) is 5.86. The SMILES string of the molecule is Cc1ccc2oc(-c3ccccc3NC(=O)Oc3ccccc3)nc2c1. The van der Waals surface area contributed by atoms with E-state index in [1.807, 2.05) is 49.4 Å². The zero-order chi connectivity index (χ0) is 17.9. The van der Waals surface area contributed by atoms with Gasteiger partial charge in [0, 0.05) is 0 Å². The van der Waals surface area contributed by atoms with Crippen LogP contribution in [0.15, 0.2) is 77.2 Å². The third-order valence-electron chi connectivity index (χ3n) is 3.89. The Labute approximate surface area is 150 Å². The second-order valence-electron chi connectivity index (χ2n) is 5.86. The quantitative estimate of drug-likeness (QED) is 0.539. The van der Waals surface area contributed by atoms with Gasteiger partial charge in [0.25, 0.3) is 0 Å². The maximum absolute atomic E-state index is 12.2. The third kappa shape index (κ3) is 3.28. The molecule has 0 aliphatic heterocycles.